The van der Waals surface area contributed by atoms with Gasteiger partial charge >= 0.3 is 5.97 Å². The molecule has 23 heavy (non-hydrogen) atoms. The lowest BCUT2D eigenvalue weighted by atomic mass is 10.1. The molecule has 0 bridgehead atoms. The predicted molar refractivity (Wildman–Crippen MR) is 85.8 cm³/mol. The van der Waals surface area contributed by atoms with Gasteiger partial charge in [0.2, 0.25) is 0 Å². The Morgan fingerprint density at radius 1 is 1.13 bits per heavy atom. The van der Waals surface area contributed by atoms with Crippen LogP contribution in [-0.4, -0.2) is 31.1 Å². The van der Waals surface area contributed by atoms with Crippen LogP contribution >= 0.6 is 23.2 Å². The van der Waals surface area contributed by atoms with Crippen molar-refractivity contribution in [3.8, 4) is 11.3 Å². The molecule has 3 rings (SSSR count). The predicted octanol–water partition coefficient (Wildman–Crippen LogP) is 3.39. The molecule has 0 saturated heterocycles. The van der Waals surface area contributed by atoms with Crippen molar-refractivity contribution in [2.75, 3.05) is 0 Å². The average molecular weight is 349 g/mol. The number of carboxylic acid groups (broad SMARTS) is 1. The Hall–Kier alpha value is -2.44. The third kappa shape index (κ3) is 3.33. The first kappa shape index (κ1) is 15.5. The Bertz CT molecular complexity index is 845. The van der Waals surface area contributed by atoms with Crippen LogP contribution in [0.5, 0.6) is 0 Å². The maximum absolute atomic E-state index is 11.4. The average Bonchev–Trinajstić information content (AvgIpc) is 2.91. The lowest BCUT2D eigenvalue weighted by Crippen LogP contribution is -2.06. The molecular formula is C15H10Cl2N4O2. The summed E-state index contributed by atoms with van der Waals surface area (Å²) in [5.74, 6) is -1.15. The summed E-state index contributed by atoms with van der Waals surface area (Å²) >= 11 is 12.0. The summed E-state index contributed by atoms with van der Waals surface area (Å²) in [6.07, 6.45) is 3.16. The van der Waals surface area contributed by atoms with Gasteiger partial charge in [0.1, 0.15) is 5.69 Å². The smallest absolute Gasteiger partial charge is 0.358 e. The monoisotopic (exact) mass is 348 g/mol. The number of rotatable bonds is 4. The first-order chi connectivity index (χ1) is 11.0. The van der Waals surface area contributed by atoms with Gasteiger partial charge in [-0.25, -0.2) is 9.48 Å². The van der Waals surface area contributed by atoms with E-state index < -0.39 is 5.97 Å². The van der Waals surface area contributed by atoms with Crippen LogP contribution in [0.4, 0.5) is 0 Å². The van der Waals surface area contributed by atoms with E-state index in [9.17, 15) is 9.90 Å². The summed E-state index contributed by atoms with van der Waals surface area (Å²) in [6, 6.07) is 8.51. The van der Waals surface area contributed by atoms with Crippen molar-refractivity contribution in [3.63, 3.8) is 0 Å². The summed E-state index contributed by atoms with van der Waals surface area (Å²) in [5, 5.41) is 18.0. The van der Waals surface area contributed by atoms with Crippen LogP contribution in [0.2, 0.25) is 10.0 Å². The fourth-order valence-corrected chi connectivity index (χ4v) is 2.81. The first-order valence-electron chi connectivity index (χ1n) is 6.57. The zero-order chi connectivity index (χ0) is 16.4. The molecule has 2 aromatic heterocycles. The second kappa shape index (κ2) is 6.36. The van der Waals surface area contributed by atoms with E-state index >= 15 is 0 Å². The lowest BCUT2D eigenvalue weighted by Gasteiger charge is -2.08. The van der Waals surface area contributed by atoms with Crippen molar-refractivity contribution in [1.29, 1.82) is 0 Å². The van der Waals surface area contributed by atoms with Gasteiger partial charge in [-0.15, -0.1) is 5.10 Å². The van der Waals surface area contributed by atoms with Gasteiger partial charge in [0.15, 0.2) is 5.69 Å². The Labute approximate surface area is 141 Å². The minimum atomic E-state index is -1.15. The van der Waals surface area contributed by atoms with Crippen LogP contribution in [0.1, 0.15) is 16.1 Å². The van der Waals surface area contributed by atoms with Crippen molar-refractivity contribution in [1.82, 2.24) is 20.0 Å². The highest BCUT2D eigenvalue weighted by atomic mass is 35.5. The first-order valence-corrected chi connectivity index (χ1v) is 7.32. The molecule has 1 N–H and O–H groups in total. The van der Waals surface area contributed by atoms with Crippen molar-refractivity contribution < 1.29 is 9.90 Å². The molecule has 1 aromatic carbocycles. The molecule has 8 heteroatoms. The second-order valence-electron chi connectivity index (χ2n) is 4.76. The molecule has 0 atom stereocenters. The quantitative estimate of drug-likeness (QED) is 0.781. The highest BCUT2D eigenvalue weighted by molar-refractivity contribution is 6.34. The van der Waals surface area contributed by atoms with Gasteiger partial charge < -0.3 is 5.11 Å². The van der Waals surface area contributed by atoms with E-state index in [0.29, 0.717) is 21.3 Å². The number of carboxylic acids is 1. The number of pyridine rings is 1. The molecule has 0 aliphatic heterocycles. The molecule has 0 spiro atoms. The number of hydrogen-bond donors (Lipinski definition) is 1. The van der Waals surface area contributed by atoms with Crippen LogP contribution in [0.3, 0.4) is 0 Å². The second-order valence-corrected chi connectivity index (χ2v) is 5.64. The lowest BCUT2D eigenvalue weighted by molar-refractivity contribution is 0.0691. The van der Waals surface area contributed by atoms with Crippen LogP contribution in [0.25, 0.3) is 11.3 Å². The standard InChI is InChI=1S/C15H10Cl2N4O2/c16-11-5-9(6-12(17)7-11)8-21-14(10-1-3-18-4-2-10)13(15(22)23)19-20-21/h1-7H,8H2,(H,22,23). The van der Waals surface area contributed by atoms with Crippen LogP contribution < -0.4 is 0 Å². The molecule has 0 aliphatic rings. The SMILES string of the molecule is O=C(O)c1nnn(Cc2cc(Cl)cc(Cl)c2)c1-c1ccncc1. The number of hydrogen-bond acceptors (Lipinski definition) is 4. The number of carbonyl (C=O) groups is 1. The van der Waals surface area contributed by atoms with E-state index in [1.54, 1.807) is 42.7 Å². The van der Waals surface area contributed by atoms with Crippen LogP contribution in [-0.2, 0) is 6.54 Å². The zero-order valence-electron chi connectivity index (χ0n) is 11.6. The zero-order valence-corrected chi connectivity index (χ0v) is 13.2. The number of aromatic nitrogens is 4. The molecule has 3 aromatic rings. The molecule has 116 valence electrons. The van der Waals surface area contributed by atoms with Crippen LogP contribution in [0, 0.1) is 0 Å². The third-order valence-electron chi connectivity index (χ3n) is 3.15. The van der Waals surface area contributed by atoms with E-state index in [0.717, 1.165) is 5.56 Å². The van der Waals surface area contributed by atoms with Crippen molar-refractivity contribution in [3.05, 3.63) is 64.0 Å². The highest BCUT2D eigenvalue weighted by Crippen LogP contribution is 2.24. The molecule has 0 saturated carbocycles. The molecule has 0 fully saturated rings. The van der Waals surface area contributed by atoms with Gasteiger partial charge in [-0.1, -0.05) is 28.4 Å². The van der Waals surface area contributed by atoms with E-state index in [1.807, 2.05) is 0 Å². The van der Waals surface area contributed by atoms with Gasteiger partial charge in [-0.3, -0.25) is 4.98 Å². The molecular weight excluding hydrogens is 339 g/mol. The van der Waals surface area contributed by atoms with E-state index in [1.165, 1.54) is 4.68 Å². The van der Waals surface area contributed by atoms with E-state index in [-0.39, 0.29) is 12.2 Å². The number of aromatic carboxylic acids is 1. The normalized spacial score (nSPS) is 10.7. The fraction of sp³-hybridized carbons (Fsp3) is 0.0667. The molecule has 2 heterocycles. The summed E-state index contributed by atoms with van der Waals surface area (Å²) < 4.78 is 1.50. The topological polar surface area (TPSA) is 80.9 Å². The van der Waals surface area contributed by atoms with Crippen molar-refractivity contribution in [2.24, 2.45) is 0 Å². The van der Waals surface area contributed by atoms with Gasteiger partial charge in [-0.05, 0) is 35.9 Å². The summed E-state index contributed by atoms with van der Waals surface area (Å²) in [4.78, 5) is 15.3. The Balaban J connectivity index is 2.08. The maximum atomic E-state index is 11.4. The molecule has 6 nitrogen and oxygen atoms in total. The number of benzene rings is 1. The van der Waals surface area contributed by atoms with E-state index in [4.69, 9.17) is 23.2 Å². The highest BCUT2D eigenvalue weighted by Gasteiger charge is 2.20. The van der Waals surface area contributed by atoms with Gasteiger partial charge in [0.05, 0.1) is 6.54 Å². The van der Waals surface area contributed by atoms with Crippen LogP contribution in [0.15, 0.2) is 42.7 Å². The van der Waals surface area contributed by atoms with Gasteiger partial charge in [0, 0.05) is 28.0 Å². The fourth-order valence-electron chi connectivity index (χ4n) is 2.24. The molecule has 0 amide bonds. The summed E-state index contributed by atoms with van der Waals surface area (Å²) in [7, 11) is 0. The third-order valence-corrected chi connectivity index (χ3v) is 3.58. The van der Waals surface area contributed by atoms with Gasteiger partial charge in [0.25, 0.3) is 0 Å². The largest absolute Gasteiger partial charge is 0.476 e. The summed E-state index contributed by atoms with van der Waals surface area (Å²) in [5.41, 5.74) is 1.73. The van der Waals surface area contributed by atoms with Gasteiger partial charge in [-0.2, -0.15) is 0 Å². The molecule has 0 aliphatic carbocycles. The van der Waals surface area contributed by atoms with Crippen molar-refractivity contribution >= 4 is 29.2 Å². The Morgan fingerprint density at radius 3 is 2.39 bits per heavy atom. The van der Waals surface area contributed by atoms with Crippen molar-refractivity contribution in [2.45, 2.75) is 6.54 Å². The molecule has 0 unspecified atom stereocenters. The summed E-state index contributed by atoms with van der Waals surface area (Å²) in [6.45, 7) is 0.290. The Kier molecular flexibility index (Phi) is 4.27. The van der Waals surface area contributed by atoms with E-state index in [2.05, 4.69) is 15.3 Å². The minimum Gasteiger partial charge on any atom is -0.476 e. The minimum absolute atomic E-state index is 0.121. The Morgan fingerprint density at radius 2 is 1.78 bits per heavy atom. The number of halogens is 2. The maximum Gasteiger partial charge on any atom is 0.358 e. The number of nitrogens with zero attached hydrogens (tertiary/aromatic N) is 4. The molecule has 0 radical (unpaired) electrons.